The van der Waals surface area contributed by atoms with Gasteiger partial charge in [-0.2, -0.15) is 0 Å². The minimum atomic E-state index is -0.553. The van der Waals surface area contributed by atoms with Gasteiger partial charge in [-0.1, -0.05) is 6.07 Å². The van der Waals surface area contributed by atoms with E-state index in [1.54, 1.807) is 18.2 Å². The Hall–Kier alpha value is -2.17. The van der Waals surface area contributed by atoms with E-state index >= 15 is 0 Å². The minimum Gasteiger partial charge on any atom is -0.463 e. The third-order valence-corrected chi connectivity index (χ3v) is 2.05. The number of para-hydroxylation sites is 1. The lowest BCUT2D eigenvalue weighted by atomic mass is 10.2. The second kappa shape index (κ2) is 3.53. The van der Waals surface area contributed by atoms with Crippen LogP contribution in [0, 0.1) is 0 Å². The number of hydrogen-bond donors (Lipinski definition) is 1. The van der Waals surface area contributed by atoms with Crippen LogP contribution in [0.15, 0.2) is 18.2 Å². The van der Waals surface area contributed by atoms with Crippen LogP contribution in [-0.4, -0.2) is 29.3 Å². The van der Waals surface area contributed by atoms with Gasteiger partial charge in [-0.25, -0.2) is 9.78 Å². The molecule has 0 unspecified atom stereocenters. The molecule has 5 nitrogen and oxygen atoms in total. The maximum absolute atomic E-state index is 11.2. The Morgan fingerprint density at radius 3 is 3.00 bits per heavy atom. The van der Waals surface area contributed by atoms with E-state index in [2.05, 4.69) is 14.7 Å². The molecule has 15 heavy (non-hydrogen) atoms. The van der Waals surface area contributed by atoms with Crippen LogP contribution in [0.25, 0.3) is 11.0 Å². The van der Waals surface area contributed by atoms with Crippen LogP contribution < -0.4 is 0 Å². The molecule has 0 saturated carbocycles. The Balaban J connectivity index is 2.65. The van der Waals surface area contributed by atoms with Gasteiger partial charge in [0.05, 0.1) is 18.1 Å². The molecule has 0 atom stereocenters. The number of rotatable bonds is 2. The number of esters is 1. The van der Waals surface area contributed by atoms with Crippen LogP contribution in [0.1, 0.15) is 21.0 Å². The number of H-pyrrole nitrogens is 1. The zero-order valence-corrected chi connectivity index (χ0v) is 7.98. The summed E-state index contributed by atoms with van der Waals surface area (Å²) in [6, 6.07) is 5.09. The number of aldehydes is 1. The molecule has 1 aromatic heterocycles. The zero-order chi connectivity index (χ0) is 10.8. The summed E-state index contributed by atoms with van der Waals surface area (Å²) in [6.07, 6.45) is 0.699. The van der Waals surface area contributed by atoms with Crippen molar-refractivity contribution in [3.05, 3.63) is 29.6 Å². The van der Waals surface area contributed by atoms with Crippen LogP contribution in [-0.2, 0) is 4.74 Å². The standard InChI is InChI=1S/C10H8N2O3/c1-15-10(14)9-11-7-4-2-3-6(5-13)8(7)12-9/h2-5H,1H3,(H,11,12). The van der Waals surface area contributed by atoms with Crippen molar-refractivity contribution in [2.75, 3.05) is 7.11 Å². The van der Waals surface area contributed by atoms with E-state index < -0.39 is 5.97 Å². The lowest BCUT2D eigenvalue weighted by Gasteiger charge is -1.90. The first-order chi connectivity index (χ1) is 7.26. The Morgan fingerprint density at radius 1 is 1.53 bits per heavy atom. The highest BCUT2D eigenvalue weighted by atomic mass is 16.5. The lowest BCUT2D eigenvalue weighted by molar-refractivity contribution is 0.0588. The second-order valence-electron chi connectivity index (χ2n) is 2.94. The van der Waals surface area contributed by atoms with Gasteiger partial charge in [0.25, 0.3) is 0 Å². The normalized spacial score (nSPS) is 10.2. The van der Waals surface area contributed by atoms with Crippen LogP contribution in [0.5, 0.6) is 0 Å². The summed E-state index contributed by atoms with van der Waals surface area (Å²) < 4.78 is 4.52. The van der Waals surface area contributed by atoms with Crippen molar-refractivity contribution in [1.29, 1.82) is 0 Å². The number of benzene rings is 1. The monoisotopic (exact) mass is 204 g/mol. The van der Waals surface area contributed by atoms with Gasteiger partial charge in [-0.05, 0) is 12.1 Å². The number of hydrogen-bond acceptors (Lipinski definition) is 4. The van der Waals surface area contributed by atoms with Gasteiger partial charge < -0.3 is 9.72 Å². The van der Waals surface area contributed by atoms with Gasteiger partial charge in [0, 0.05) is 5.56 Å². The number of fused-ring (bicyclic) bond motifs is 1. The quantitative estimate of drug-likeness (QED) is 0.588. The van der Waals surface area contributed by atoms with Gasteiger partial charge in [-0.3, -0.25) is 4.79 Å². The molecule has 0 spiro atoms. The van der Waals surface area contributed by atoms with Crippen LogP contribution in [0.2, 0.25) is 0 Å². The maximum atomic E-state index is 11.2. The molecule has 0 amide bonds. The number of ether oxygens (including phenoxy) is 1. The molecule has 0 aliphatic carbocycles. The molecule has 0 aliphatic rings. The number of carbonyl (C=O) groups excluding carboxylic acids is 2. The highest BCUT2D eigenvalue weighted by Gasteiger charge is 2.12. The summed E-state index contributed by atoms with van der Waals surface area (Å²) in [7, 11) is 1.27. The predicted octanol–water partition coefficient (Wildman–Crippen LogP) is 1.16. The molecule has 1 aromatic carbocycles. The summed E-state index contributed by atoms with van der Waals surface area (Å²) >= 11 is 0. The summed E-state index contributed by atoms with van der Waals surface area (Å²) in [4.78, 5) is 28.6. The molecule has 0 bridgehead atoms. The number of carbonyl (C=O) groups is 2. The van der Waals surface area contributed by atoms with Crippen molar-refractivity contribution in [3.63, 3.8) is 0 Å². The lowest BCUT2D eigenvalue weighted by Crippen LogP contribution is -2.02. The minimum absolute atomic E-state index is 0.0989. The van der Waals surface area contributed by atoms with E-state index in [-0.39, 0.29) is 5.82 Å². The highest BCUT2D eigenvalue weighted by Crippen LogP contribution is 2.15. The van der Waals surface area contributed by atoms with E-state index in [1.165, 1.54) is 7.11 Å². The molecule has 2 rings (SSSR count). The Kier molecular flexibility index (Phi) is 2.21. The molecule has 1 heterocycles. The molecule has 0 fully saturated rings. The first-order valence-corrected chi connectivity index (χ1v) is 4.28. The van der Waals surface area contributed by atoms with Crippen molar-refractivity contribution in [2.45, 2.75) is 0 Å². The van der Waals surface area contributed by atoms with Crippen molar-refractivity contribution < 1.29 is 14.3 Å². The van der Waals surface area contributed by atoms with Crippen molar-refractivity contribution in [2.24, 2.45) is 0 Å². The molecular formula is C10H8N2O3. The third kappa shape index (κ3) is 1.48. The Bertz CT molecular complexity index is 530. The van der Waals surface area contributed by atoms with Crippen LogP contribution in [0.3, 0.4) is 0 Å². The summed E-state index contributed by atoms with van der Waals surface area (Å²) in [6.45, 7) is 0. The number of imidazole rings is 1. The van der Waals surface area contributed by atoms with Gasteiger partial charge in [-0.15, -0.1) is 0 Å². The fourth-order valence-electron chi connectivity index (χ4n) is 1.34. The van der Waals surface area contributed by atoms with Gasteiger partial charge in [0.2, 0.25) is 5.82 Å². The molecule has 0 radical (unpaired) electrons. The zero-order valence-electron chi connectivity index (χ0n) is 7.98. The van der Waals surface area contributed by atoms with Crippen molar-refractivity contribution >= 4 is 23.3 Å². The van der Waals surface area contributed by atoms with Crippen molar-refractivity contribution in [3.8, 4) is 0 Å². The summed E-state index contributed by atoms with van der Waals surface area (Å²) in [5, 5.41) is 0. The highest BCUT2D eigenvalue weighted by molar-refractivity contribution is 5.97. The fraction of sp³-hybridized carbons (Fsp3) is 0.100. The number of nitrogens with zero attached hydrogens (tertiary/aromatic N) is 1. The molecule has 0 aliphatic heterocycles. The van der Waals surface area contributed by atoms with E-state index in [4.69, 9.17) is 0 Å². The van der Waals surface area contributed by atoms with E-state index in [0.717, 1.165) is 0 Å². The second-order valence-corrected chi connectivity index (χ2v) is 2.94. The molecule has 0 saturated heterocycles. The maximum Gasteiger partial charge on any atom is 0.374 e. The molecule has 1 N–H and O–H groups in total. The third-order valence-electron chi connectivity index (χ3n) is 2.05. The number of methoxy groups -OCH3 is 1. The van der Waals surface area contributed by atoms with Crippen LogP contribution >= 0.6 is 0 Å². The number of nitrogens with one attached hydrogen (secondary N) is 1. The molecular weight excluding hydrogens is 196 g/mol. The van der Waals surface area contributed by atoms with Gasteiger partial charge in [0.15, 0.2) is 6.29 Å². The van der Waals surface area contributed by atoms with Gasteiger partial charge in [0.1, 0.15) is 0 Å². The molecule has 5 heteroatoms. The smallest absolute Gasteiger partial charge is 0.374 e. The summed E-state index contributed by atoms with van der Waals surface area (Å²) in [5.74, 6) is -0.454. The van der Waals surface area contributed by atoms with E-state index in [0.29, 0.717) is 22.9 Å². The molecule has 76 valence electrons. The summed E-state index contributed by atoms with van der Waals surface area (Å²) in [5.41, 5.74) is 1.56. The first-order valence-electron chi connectivity index (χ1n) is 4.28. The first kappa shape index (κ1) is 9.39. The van der Waals surface area contributed by atoms with E-state index in [1.807, 2.05) is 0 Å². The average Bonchev–Trinajstić information content (AvgIpc) is 2.71. The largest absolute Gasteiger partial charge is 0.463 e. The van der Waals surface area contributed by atoms with Crippen molar-refractivity contribution in [1.82, 2.24) is 9.97 Å². The number of aromatic amines is 1. The Labute approximate surface area is 85.1 Å². The van der Waals surface area contributed by atoms with E-state index in [9.17, 15) is 9.59 Å². The SMILES string of the molecule is COC(=O)c1nc2c(C=O)cccc2[nH]1. The van der Waals surface area contributed by atoms with Gasteiger partial charge >= 0.3 is 5.97 Å². The number of aromatic nitrogens is 2. The van der Waals surface area contributed by atoms with Crippen LogP contribution in [0.4, 0.5) is 0 Å². The fourth-order valence-corrected chi connectivity index (χ4v) is 1.34. The average molecular weight is 204 g/mol. The molecule has 2 aromatic rings. The predicted molar refractivity (Wildman–Crippen MR) is 52.8 cm³/mol. The topological polar surface area (TPSA) is 72.0 Å². The Morgan fingerprint density at radius 2 is 2.33 bits per heavy atom.